The van der Waals surface area contributed by atoms with Crippen molar-refractivity contribution >= 4 is 33.6 Å². The van der Waals surface area contributed by atoms with E-state index in [9.17, 15) is 9.90 Å². The fourth-order valence-corrected chi connectivity index (χ4v) is 5.51. The average Bonchev–Trinajstić information content (AvgIpc) is 3.45. The molecule has 0 spiro atoms. The highest BCUT2D eigenvalue weighted by Crippen LogP contribution is 2.37. The number of fused-ring (bicyclic) bond motifs is 2. The summed E-state index contributed by atoms with van der Waals surface area (Å²) in [6.07, 6.45) is 5.64. The van der Waals surface area contributed by atoms with Crippen molar-refractivity contribution in [1.82, 2.24) is 24.5 Å². The third-order valence-corrected chi connectivity index (χ3v) is 7.18. The number of anilines is 1. The number of nitrogens with zero attached hydrogens (tertiary/aromatic N) is 6. The first-order valence-corrected chi connectivity index (χ1v) is 12.4. The molecule has 1 atom stereocenters. The normalized spacial score (nSPS) is 16.1. The van der Waals surface area contributed by atoms with Crippen LogP contribution in [0.5, 0.6) is 0 Å². The predicted molar refractivity (Wildman–Crippen MR) is 140 cm³/mol. The second kappa shape index (κ2) is 8.99. The van der Waals surface area contributed by atoms with Crippen LogP contribution < -0.4 is 4.90 Å². The Kier molecular flexibility index (Phi) is 5.62. The lowest BCUT2D eigenvalue weighted by atomic mass is 9.95. The van der Waals surface area contributed by atoms with E-state index < -0.39 is 5.97 Å². The van der Waals surface area contributed by atoms with Gasteiger partial charge in [-0.25, -0.2) is 14.1 Å². The Morgan fingerprint density at radius 2 is 2.00 bits per heavy atom. The molecule has 1 unspecified atom stereocenters. The van der Waals surface area contributed by atoms with E-state index in [1.165, 1.54) is 6.07 Å². The Labute approximate surface area is 213 Å². The van der Waals surface area contributed by atoms with Crippen LogP contribution in [0.15, 0.2) is 54.9 Å². The summed E-state index contributed by atoms with van der Waals surface area (Å²) in [5, 5.41) is 20.1. The Balaban J connectivity index is 1.43. The molecule has 1 aliphatic heterocycles. The third kappa shape index (κ3) is 4.10. The molecule has 1 aliphatic rings. The summed E-state index contributed by atoms with van der Waals surface area (Å²) in [6, 6.07) is 13.0. The number of aryl methyl sites for hydroxylation is 2. The smallest absolute Gasteiger partial charge is 0.303 e. The first-order valence-electron chi connectivity index (χ1n) is 12.4. The predicted octanol–water partition coefficient (Wildman–Crippen LogP) is 5.11. The lowest BCUT2D eigenvalue weighted by Crippen LogP contribution is -2.36. The number of hydrogen-bond donors (Lipinski definition) is 1. The van der Waals surface area contributed by atoms with Crippen LogP contribution in [-0.2, 0) is 11.8 Å². The standard InChI is InChI=1S/C28H27FN6O2/c1-17-5-3-7-20-27(26-21-16-33(2)31-23(21)10-9-22(26)29)32-35(28(17)20)19-8-11-24(30-14-19)34-12-4-6-18(15-34)13-25(36)37/h3,5,7-11,14,16,18H,4,6,12-13,15H2,1-2H3,(H,36,37). The minimum atomic E-state index is -0.759. The topological polar surface area (TPSA) is 89.1 Å². The number of aliphatic carboxylic acids is 1. The summed E-state index contributed by atoms with van der Waals surface area (Å²) < 4.78 is 18.8. The number of carboxylic acid groups (broad SMARTS) is 1. The number of aromatic nitrogens is 5. The van der Waals surface area contributed by atoms with Crippen LogP contribution in [0, 0.1) is 18.7 Å². The summed E-state index contributed by atoms with van der Waals surface area (Å²) in [4.78, 5) is 18.0. The van der Waals surface area contributed by atoms with Crippen LogP contribution in [0.3, 0.4) is 0 Å². The van der Waals surface area contributed by atoms with E-state index in [2.05, 4.69) is 10.00 Å². The molecule has 1 saturated heterocycles. The SMILES string of the molecule is Cc1cccc2c(-c3c(F)ccc4nn(C)cc34)nn(-c3ccc(N4CCCC(CC(=O)O)C4)nc3)c12. The first kappa shape index (κ1) is 23.1. The summed E-state index contributed by atoms with van der Waals surface area (Å²) >= 11 is 0. The molecule has 4 heterocycles. The van der Waals surface area contributed by atoms with Gasteiger partial charge in [-0.3, -0.25) is 9.48 Å². The van der Waals surface area contributed by atoms with Gasteiger partial charge in [-0.1, -0.05) is 18.2 Å². The van der Waals surface area contributed by atoms with Gasteiger partial charge in [-0.2, -0.15) is 10.2 Å². The van der Waals surface area contributed by atoms with E-state index in [4.69, 9.17) is 10.1 Å². The van der Waals surface area contributed by atoms with Crippen molar-refractivity contribution in [3.8, 4) is 16.9 Å². The molecule has 9 heteroatoms. The molecule has 1 fully saturated rings. The molecule has 0 amide bonds. The van der Waals surface area contributed by atoms with Crippen molar-refractivity contribution in [2.24, 2.45) is 13.0 Å². The second-order valence-corrected chi connectivity index (χ2v) is 9.82. The molecule has 37 heavy (non-hydrogen) atoms. The number of hydrogen-bond acceptors (Lipinski definition) is 5. The highest BCUT2D eigenvalue weighted by Gasteiger charge is 2.24. The third-order valence-electron chi connectivity index (χ3n) is 7.18. The van der Waals surface area contributed by atoms with Crippen molar-refractivity contribution in [2.45, 2.75) is 26.2 Å². The van der Waals surface area contributed by atoms with Gasteiger partial charge in [0.05, 0.1) is 22.9 Å². The summed E-state index contributed by atoms with van der Waals surface area (Å²) in [5.74, 6) is -0.162. The fourth-order valence-electron chi connectivity index (χ4n) is 5.51. The Morgan fingerprint density at radius 1 is 1.14 bits per heavy atom. The Hall–Kier alpha value is -4.27. The molecule has 6 rings (SSSR count). The molecule has 1 N–H and O–H groups in total. The Bertz CT molecular complexity index is 1640. The maximum Gasteiger partial charge on any atom is 0.303 e. The van der Waals surface area contributed by atoms with Crippen molar-refractivity contribution < 1.29 is 14.3 Å². The summed E-state index contributed by atoms with van der Waals surface area (Å²) in [6.45, 7) is 3.55. The molecule has 0 saturated carbocycles. The highest BCUT2D eigenvalue weighted by molar-refractivity contribution is 6.03. The zero-order valence-corrected chi connectivity index (χ0v) is 20.7. The fraction of sp³-hybridized carbons (Fsp3) is 0.286. The van der Waals surface area contributed by atoms with Crippen LogP contribution in [0.25, 0.3) is 38.8 Å². The highest BCUT2D eigenvalue weighted by atomic mass is 19.1. The first-order chi connectivity index (χ1) is 17.9. The van der Waals surface area contributed by atoms with Gasteiger partial charge in [0.15, 0.2) is 0 Å². The largest absolute Gasteiger partial charge is 0.481 e. The molecule has 2 aromatic carbocycles. The van der Waals surface area contributed by atoms with Gasteiger partial charge in [0.1, 0.15) is 17.3 Å². The minimum absolute atomic E-state index is 0.123. The van der Waals surface area contributed by atoms with E-state index >= 15 is 4.39 Å². The maximum atomic E-state index is 15.3. The van der Waals surface area contributed by atoms with Gasteiger partial charge in [-0.05, 0) is 55.5 Å². The van der Waals surface area contributed by atoms with Gasteiger partial charge in [0, 0.05) is 49.1 Å². The molecule has 3 aromatic heterocycles. The van der Waals surface area contributed by atoms with E-state index in [0.29, 0.717) is 28.7 Å². The van der Waals surface area contributed by atoms with Crippen molar-refractivity contribution in [2.75, 3.05) is 18.0 Å². The number of para-hydroxylation sites is 1. The number of carboxylic acids is 1. The molecule has 0 radical (unpaired) electrons. The van der Waals surface area contributed by atoms with Gasteiger partial charge < -0.3 is 10.0 Å². The second-order valence-electron chi connectivity index (χ2n) is 9.82. The molecular formula is C28H27FN6O2. The van der Waals surface area contributed by atoms with Crippen LogP contribution in [-0.4, -0.2) is 48.7 Å². The van der Waals surface area contributed by atoms with E-state index in [-0.39, 0.29) is 18.2 Å². The lowest BCUT2D eigenvalue weighted by molar-refractivity contribution is -0.138. The van der Waals surface area contributed by atoms with E-state index in [1.54, 1.807) is 16.9 Å². The van der Waals surface area contributed by atoms with Crippen LogP contribution >= 0.6 is 0 Å². The number of carbonyl (C=O) groups is 1. The number of piperidine rings is 1. The summed E-state index contributed by atoms with van der Waals surface area (Å²) in [7, 11) is 1.82. The molecule has 0 bridgehead atoms. The zero-order chi connectivity index (χ0) is 25.7. The molecule has 0 aliphatic carbocycles. The van der Waals surface area contributed by atoms with E-state index in [0.717, 1.165) is 47.4 Å². The monoisotopic (exact) mass is 498 g/mol. The van der Waals surface area contributed by atoms with Crippen molar-refractivity contribution in [3.05, 3.63) is 66.2 Å². The van der Waals surface area contributed by atoms with Crippen LogP contribution in [0.4, 0.5) is 10.2 Å². The van der Waals surface area contributed by atoms with Gasteiger partial charge in [0.2, 0.25) is 0 Å². The summed E-state index contributed by atoms with van der Waals surface area (Å²) in [5.41, 5.74) is 4.39. The van der Waals surface area contributed by atoms with Gasteiger partial charge >= 0.3 is 5.97 Å². The molecular weight excluding hydrogens is 471 g/mol. The van der Waals surface area contributed by atoms with Crippen molar-refractivity contribution in [3.63, 3.8) is 0 Å². The minimum Gasteiger partial charge on any atom is -0.481 e. The van der Waals surface area contributed by atoms with Gasteiger partial charge in [-0.15, -0.1) is 0 Å². The lowest BCUT2D eigenvalue weighted by Gasteiger charge is -2.33. The number of halogens is 1. The number of benzene rings is 2. The van der Waals surface area contributed by atoms with E-state index in [1.807, 2.05) is 55.2 Å². The quantitative estimate of drug-likeness (QED) is 0.362. The molecule has 188 valence electrons. The van der Waals surface area contributed by atoms with Crippen molar-refractivity contribution in [1.29, 1.82) is 0 Å². The molecule has 8 nitrogen and oxygen atoms in total. The maximum absolute atomic E-state index is 15.3. The average molecular weight is 499 g/mol. The number of pyridine rings is 1. The van der Waals surface area contributed by atoms with Crippen LogP contribution in [0.1, 0.15) is 24.8 Å². The zero-order valence-electron chi connectivity index (χ0n) is 20.7. The van der Waals surface area contributed by atoms with Gasteiger partial charge in [0.25, 0.3) is 0 Å². The molecule has 5 aromatic rings. The van der Waals surface area contributed by atoms with Crippen LogP contribution in [0.2, 0.25) is 0 Å². The Morgan fingerprint density at radius 3 is 2.78 bits per heavy atom. The number of rotatable bonds is 5.